The van der Waals surface area contributed by atoms with Gasteiger partial charge in [0, 0.05) is 6.20 Å². The summed E-state index contributed by atoms with van der Waals surface area (Å²) in [6.45, 7) is 2.08. The second-order valence-electron chi connectivity index (χ2n) is 3.45. The third kappa shape index (κ3) is 0.995. The van der Waals surface area contributed by atoms with E-state index in [0.717, 1.165) is 12.8 Å². The van der Waals surface area contributed by atoms with Crippen molar-refractivity contribution in [2.45, 2.75) is 25.3 Å². The van der Waals surface area contributed by atoms with Gasteiger partial charge in [-0.3, -0.25) is 4.68 Å². The van der Waals surface area contributed by atoms with Crippen LogP contribution in [0.1, 0.15) is 30.3 Å². The molecule has 0 aliphatic heterocycles. The maximum atomic E-state index is 10.5. The summed E-state index contributed by atoms with van der Waals surface area (Å²) >= 11 is 0. The number of hydrogen-bond donors (Lipinski definition) is 1. The molecule has 1 aliphatic carbocycles. The van der Waals surface area contributed by atoms with Gasteiger partial charge in [0.1, 0.15) is 0 Å². The molecule has 0 radical (unpaired) electrons. The van der Waals surface area contributed by atoms with Crippen molar-refractivity contribution >= 4 is 5.97 Å². The smallest absolute Gasteiger partial charge is 0.356 e. The Labute approximate surface area is 69.8 Å². The SMILES string of the molecule is CC1(n2ccc(C(=O)O)n2)CC1. The van der Waals surface area contributed by atoms with Crippen LogP contribution in [0.5, 0.6) is 0 Å². The quantitative estimate of drug-likeness (QED) is 0.715. The summed E-state index contributed by atoms with van der Waals surface area (Å²) in [5.74, 6) is -0.960. The van der Waals surface area contributed by atoms with Crippen molar-refractivity contribution in [2.75, 3.05) is 0 Å². The number of aromatic nitrogens is 2. The van der Waals surface area contributed by atoms with E-state index in [4.69, 9.17) is 5.11 Å². The monoisotopic (exact) mass is 166 g/mol. The maximum absolute atomic E-state index is 10.5. The molecule has 0 atom stereocenters. The zero-order valence-corrected chi connectivity index (χ0v) is 6.82. The first-order valence-corrected chi connectivity index (χ1v) is 3.91. The summed E-state index contributed by atoms with van der Waals surface area (Å²) in [7, 11) is 0. The van der Waals surface area contributed by atoms with Crippen LogP contribution in [0.4, 0.5) is 0 Å². The van der Waals surface area contributed by atoms with Crippen LogP contribution < -0.4 is 0 Å². The second-order valence-corrected chi connectivity index (χ2v) is 3.45. The molecule has 1 aromatic heterocycles. The molecule has 1 N–H and O–H groups in total. The highest BCUT2D eigenvalue weighted by atomic mass is 16.4. The van der Waals surface area contributed by atoms with Crippen LogP contribution in [0, 0.1) is 0 Å². The van der Waals surface area contributed by atoms with Gasteiger partial charge >= 0.3 is 5.97 Å². The number of carboxylic acid groups (broad SMARTS) is 1. The van der Waals surface area contributed by atoms with E-state index in [1.165, 1.54) is 6.07 Å². The van der Waals surface area contributed by atoms with Gasteiger partial charge in [0.2, 0.25) is 0 Å². The summed E-state index contributed by atoms with van der Waals surface area (Å²) in [6, 6.07) is 1.53. The Morgan fingerprint density at radius 1 is 1.75 bits per heavy atom. The minimum absolute atomic E-state index is 0.0910. The first kappa shape index (κ1) is 7.34. The summed E-state index contributed by atoms with van der Waals surface area (Å²) in [5.41, 5.74) is 0.219. The van der Waals surface area contributed by atoms with Crippen LogP contribution in [-0.4, -0.2) is 20.9 Å². The molecule has 0 unspecified atom stereocenters. The van der Waals surface area contributed by atoms with E-state index in [0.29, 0.717) is 0 Å². The molecule has 0 bridgehead atoms. The van der Waals surface area contributed by atoms with Crippen molar-refractivity contribution in [3.05, 3.63) is 18.0 Å². The number of nitrogens with zero attached hydrogens (tertiary/aromatic N) is 2. The fourth-order valence-corrected chi connectivity index (χ4v) is 1.15. The predicted octanol–water partition coefficient (Wildman–Crippen LogP) is 1.09. The molecule has 4 heteroatoms. The zero-order chi connectivity index (χ0) is 8.77. The predicted molar refractivity (Wildman–Crippen MR) is 42.1 cm³/mol. The maximum Gasteiger partial charge on any atom is 0.356 e. The fraction of sp³-hybridized carbons (Fsp3) is 0.500. The number of hydrogen-bond acceptors (Lipinski definition) is 2. The van der Waals surface area contributed by atoms with Gasteiger partial charge in [-0.2, -0.15) is 5.10 Å². The van der Waals surface area contributed by atoms with E-state index in [1.54, 1.807) is 10.9 Å². The molecule has 2 rings (SSSR count). The number of rotatable bonds is 2. The third-order valence-electron chi connectivity index (χ3n) is 2.33. The van der Waals surface area contributed by atoms with E-state index in [2.05, 4.69) is 12.0 Å². The molecule has 0 saturated heterocycles. The Morgan fingerprint density at radius 2 is 2.42 bits per heavy atom. The van der Waals surface area contributed by atoms with Crippen molar-refractivity contribution in [1.29, 1.82) is 0 Å². The third-order valence-corrected chi connectivity index (χ3v) is 2.33. The number of carboxylic acids is 1. The van der Waals surface area contributed by atoms with Gasteiger partial charge in [0.05, 0.1) is 5.54 Å². The lowest BCUT2D eigenvalue weighted by molar-refractivity contribution is 0.0689. The van der Waals surface area contributed by atoms with Crippen LogP contribution in [0.15, 0.2) is 12.3 Å². The van der Waals surface area contributed by atoms with Gasteiger partial charge < -0.3 is 5.11 Å². The lowest BCUT2D eigenvalue weighted by Gasteiger charge is -2.07. The molecule has 0 spiro atoms. The van der Waals surface area contributed by atoms with Gasteiger partial charge in [-0.25, -0.2) is 4.79 Å². The second kappa shape index (κ2) is 2.09. The van der Waals surface area contributed by atoms with E-state index in [-0.39, 0.29) is 11.2 Å². The average Bonchev–Trinajstić information content (AvgIpc) is 2.61. The molecular formula is C8H10N2O2. The van der Waals surface area contributed by atoms with E-state index >= 15 is 0 Å². The molecule has 1 saturated carbocycles. The van der Waals surface area contributed by atoms with Crippen LogP contribution in [0.3, 0.4) is 0 Å². The molecular weight excluding hydrogens is 156 g/mol. The van der Waals surface area contributed by atoms with Crippen molar-refractivity contribution < 1.29 is 9.90 Å². The molecule has 1 aromatic rings. The Morgan fingerprint density at radius 3 is 2.83 bits per heavy atom. The minimum atomic E-state index is -0.960. The number of carbonyl (C=O) groups is 1. The molecule has 1 heterocycles. The average molecular weight is 166 g/mol. The summed E-state index contributed by atoms with van der Waals surface area (Å²) in [5, 5.41) is 12.6. The molecule has 1 aliphatic rings. The van der Waals surface area contributed by atoms with Crippen LogP contribution in [-0.2, 0) is 5.54 Å². The highest BCUT2D eigenvalue weighted by Gasteiger charge is 2.40. The summed E-state index contributed by atoms with van der Waals surface area (Å²) in [4.78, 5) is 10.5. The molecule has 0 amide bonds. The minimum Gasteiger partial charge on any atom is -0.476 e. The van der Waals surface area contributed by atoms with Crippen molar-refractivity contribution in [2.24, 2.45) is 0 Å². The Kier molecular flexibility index (Phi) is 1.28. The van der Waals surface area contributed by atoms with E-state index < -0.39 is 5.97 Å². The molecule has 12 heavy (non-hydrogen) atoms. The molecule has 1 fully saturated rings. The van der Waals surface area contributed by atoms with Crippen molar-refractivity contribution in [3.63, 3.8) is 0 Å². The Balaban J connectivity index is 2.30. The fourth-order valence-electron chi connectivity index (χ4n) is 1.15. The van der Waals surface area contributed by atoms with Crippen LogP contribution in [0.2, 0.25) is 0 Å². The van der Waals surface area contributed by atoms with Crippen molar-refractivity contribution in [3.8, 4) is 0 Å². The Bertz CT molecular complexity index is 326. The molecule has 4 nitrogen and oxygen atoms in total. The van der Waals surface area contributed by atoms with Gasteiger partial charge in [-0.15, -0.1) is 0 Å². The van der Waals surface area contributed by atoms with E-state index in [9.17, 15) is 4.79 Å². The summed E-state index contributed by atoms with van der Waals surface area (Å²) < 4.78 is 1.75. The summed E-state index contributed by atoms with van der Waals surface area (Å²) in [6.07, 6.45) is 3.91. The van der Waals surface area contributed by atoms with Gasteiger partial charge in [-0.1, -0.05) is 0 Å². The molecule has 0 aromatic carbocycles. The topological polar surface area (TPSA) is 55.1 Å². The normalized spacial score (nSPS) is 19.1. The van der Waals surface area contributed by atoms with E-state index in [1.807, 2.05) is 0 Å². The van der Waals surface area contributed by atoms with Gasteiger partial charge in [0.25, 0.3) is 0 Å². The molecule has 64 valence electrons. The van der Waals surface area contributed by atoms with Crippen LogP contribution >= 0.6 is 0 Å². The van der Waals surface area contributed by atoms with Crippen molar-refractivity contribution in [1.82, 2.24) is 9.78 Å². The highest BCUT2D eigenvalue weighted by molar-refractivity contribution is 5.85. The Hall–Kier alpha value is -1.32. The first-order chi connectivity index (χ1) is 5.62. The zero-order valence-electron chi connectivity index (χ0n) is 6.82. The standard InChI is InChI=1S/C8H10N2O2/c1-8(3-4-8)10-5-2-6(9-10)7(11)12/h2,5H,3-4H2,1H3,(H,11,12). The lowest BCUT2D eigenvalue weighted by Crippen LogP contribution is -2.13. The first-order valence-electron chi connectivity index (χ1n) is 3.91. The highest BCUT2D eigenvalue weighted by Crippen LogP contribution is 2.42. The van der Waals surface area contributed by atoms with Crippen LogP contribution in [0.25, 0.3) is 0 Å². The number of aromatic carboxylic acids is 1. The van der Waals surface area contributed by atoms with Gasteiger partial charge in [0.15, 0.2) is 5.69 Å². The lowest BCUT2D eigenvalue weighted by atomic mass is 10.3. The largest absolute Gasteiger partial charge is 0.476 e. The van der Waals surface area contributed by atoms with Gasteiger partial charge in [-0.05, 0) is 25.8 Å².